The van der Waals surface area contributed by atoms with Crippen LogP contribution in [0.1, 0.15) is 10.4 Å². The molecule has 0 aliphatic carbocycles. The van der Waals surface area contributed by atoms with Gasteiger partial charge in [0.15, 0.2) is 0 Å². The van der Waals surface area contributed by atoms with Crippen LogP contribution in [0.2, 0.25) is 5.02 Å². The quantitative estimate of drug-likeness (QED) is 0.702. The molecule has 0 fully saturated rings. The number of H-pyrrole nitrogens is 1. The minimum absolute atomic E-state index is 0.120. The van der Waals surface area contributed by atoms with Crippen LogP contribution in [0.3, 0.4) is 0 Å². The van der Waals surface area contributed by atoms with Crippen molar-refractivity contribution in [2.24, 2.45) is 0 Å². The smallest absolute Gasteiger partial charge is 0.264 e. The van der Waals surface area contributed by atoms with Gasteiger partial charge in [0, 0.05) is 22.8 Å². The number of amides is 1. The molecule has 0 aliphatic rings. The van der Waals surface area contributed by atoms with Gasteiger partial charge in [0.25, 0.3) is 11.5 Å². The van der Waals surface area contributed by atoms with E-state index in [0.717, 1.165) is 0 Å². The predicted molar refractivity (Wildman–Crippen MR) is 103 cm³/mol. The Labute approximate surface area is 159 Å². The molecule has 27 heavy (non-hydrogen) atoms. The Balaban J connectivity index is 1.85. The zero-order chi connectivity index (χ0) is 19.4. The van der Waals surface area contributed by atoms with Crippen molar-refractivity contribution >= 4 is 23.2 Å². The fourth-order valence-corrected chi connectivity index (χ4v) is 2.53. The molecule has 7 nitrogen and oxygen atoms in total. The van der Waals surface area contributed by atoms with Gasteiger partial charge in [-0.05, 0) is 36.4 Å². The first kappa shape index (κ1) is 18.5. The van der Waals surface area contributed by atoms with Crippen LogP contribution in [-0.4, -0.2) is 30.1 Å². The lowest BCUT2D eigenvalue weighted by molar-refractivity contribution is 0.102. The number of nitrogens with one attached hydrogen (secondary N) is 2. The van der Waals surface area contributed by atoms with E-state index in [1.165, 1.54) is 20.4 Å². The average Bonchev–Trinajstić information content (AvgIpc) is 2.68. The number of hydrogen-bond acceptors (Lipinski definition) is 5. The number of anilines is 1. The van der Waals surface area contributed by atoms with Crippen molar-refractivity contribution in [2.75, 3.05) is 19.5 Å². The summed E-state index contributed by atoms with van der Waals surface area (Å²) in [5.41, 5.74) is 0.412. The van der Waals surface area contributed by atoms with Crippen molar-refractivity contribution in [2.45, 2.75) is 0 Å². The van der Waals surface area contributed by atoms with Crippen LogP contribution >= 0.6 is 11.6 Å². The molecule has 8 heteroatoms. The van der Waals surface area contributed by atoms with E-state index in [0.29, 0.717) is 33.6 Å². The van der Waals surface area contributed by atoms with E-state index in [2.05, 4.69) is 15.3 Å². The van der Waals surface area contributed by atoms with Gasteiger partial charge in [0.2, 0.25) is 0 Å². The first-order valence-electron chi connectivity index (χ1n) is 7.90. The Hall–Kier alpha value is -3.32. The highest BCUT2D eigenvalue weighted by atomic mass is 35.5. The molecule has 0 radical (unpaired) electrons. The van der Waals surface area contributed by atoms with E-state index in [-0.39, 0.29) is 5.56 Å². The fourth-order valence-electron chi connectivity index (χ4n) is 2.40. The molecule has 0 unspecified atom stereocenters. The van der Waals surface area contributed by atoms with E-state index < -0.39 is 11.5 Å². The summed E-state index contributed by atoms with van der Waals surface area (Å²) < 4.78 is 10.4. The van der Waals surface area contributed by atoms with E-state index in [1.54, 1.807) is 42.5 Å². The first-order chi connectivity index (χ1) is 13.0. The fraction of sp³-hybridized carbons (Fsp3) is 0.105. The molecule has 0 atom stereocenters. The topological polar surface area (TPSA) is 93.3 Å². The van der Waals surface area contributed by atoms with Crippen molar-refractivity contribution in [3.8, 4) is 22.9 Å². The number of rotatable bonds is 5. The maximum atomic E-state index is 12.5. The van der Waals surface area contributed by atoms with Crippen LogP contribution in [0.25, 0.3) is 11.4 Å². The summed E-state index contributed by atoms with van der Waals surface area (Å²) in [6.07, 6.45) is 1.23. The molecule has 1 heterocycles. The molecule has 0 bridgehead atoms. The van der Waals surface area contributed by atoms with Crippen molar-refractivity contribution in [1.82, 2.24) is 9.97 Å². The third-order valence-electron chi connectivity index (χ3n) is 3.82. The number of methoxy groups -OCH3 is 2. The van der Waals surface area contributed by atoms with Crippen molar-refractivity contribution < 1.29 is 14.3 Å². The first-order valence-corrected chi connectivity index (χ1v) is 8.28. The van der Waals surface area contributed by atoms with Gasteiger partial charge in [-0.3, -0.25) is 9.59 Å². The zero-order valence-corrected chi connectivity index (χ0v) is 15.3. The second-order valence-electron chi connectivity index (χ2n) is 5.50. The lowest BCUT2D eigenvalue weighted by atomic mass is 10.2. The third kappa shape index (κ3) is 4.09. The normalized spacial score (nSPS) is 10.3. The summed E-state index contributed by atoms with van der Waals surface area (Å²) in [7, 11) is 3.00. The van der Waals surface area contributed by atoms with Crippen molar-refractivity contribution in [1.29, 1.82) is 0 Å². The predicted octanol–water partition coefficient (Wildman–Crippen LogP) is 3.36. The molecule has 2 aromatic carbocycles. The maximum Gasteiger partial charge on any atom is 0.264 e. The van der Waals surface area contributed by atoms with Crippen LogP contribution in [0.4, 0.5) is 5.69 Å². The third-order valence-corrected chi connectivity index (χ3v) is 4.07. The second-order valence-corrected chi connectivity index (χ2v) is 5.94. The van der Waals surface area contributed by atoms with E-state index in [4.69, 9.17) is 21.1 Å². The Morgan fingerprint density at radius 2 is 1.85 bits per heavy atom. The second kappa shape index (κ2) is 7.92. The van der Waals surface area contributed by atoms with Gasteiger partial charge < -0.3 is 19.8 Å². The molecular formula is C19H16ClN3O4. The summed E-state index contributed by atoms with van der Waals surface area (Å²) in [4.78, 5) is 31.6. The van der Waals surface area contributed by atoms with Gasteiger partial charge in [0.1, 0.15) is 22.9 Å². The van der Waals surface area contributed by atoms with E-state index in [9.17, 15) is 9.59 Å². The number of halogens is 1. The van der Waals surface area contributed by atoms with Gasteiger partial charge in [-0.25, -0.2) is 4.98 Å². The Morgan fingerprint density at radius 1 is 1.11 bits per heavy atom. The SMILES string of the molecule is COc1ccc(NC(=O)c2cnc(-c3ccc(Cl)cc3)[nH]c2=O)c(OC)c1. The van der Waals surface area contributed by atoms with Gasteiger partial charge in [0.05, 0.1) is 19.9 Å². The summed E-state index contributed by atoms with van der Waals surface area (Å²) in [5, 5.41) is 3.21. The highest BCUT2D eigenvalue weighted by molar-refractivity contribution is 6.30. The molecule has 3 aromatic rings. The van der Waals surface area contributed by atoms with Gasteiger partial charge >= 0.3 is 0 Å². The number of aromatic nitrogens is 2. The Morgan fingerprint density at radius 3 is 2.48 bits per heavy atom. The number of ether oxygens (including phenoxy) is 2. The highest BCUT2D eigenvalue weighted by Crippen LogP contribution is 2.29. The van der Waals surface area contributed by atoms with Crippen molar-refractivity contribution in [3.05, 3.63) is 69.6 Å². The lowest BCUT2D eigenvalue weighted by Gasteiger charge is -2.11. The van der Waals surface area contributed by atoms with Crippen LogP contribution < -0.4 is 20.3 Å². The van der Waals surface area contributed by atoms with Gasteiger partial charge in [-0.2, -0.15) is 0 Å². The number of carbonyl (C=O) groups is 1. The minimum atomic E-state index is -0.602. The molecule has 2 N–H and O–H groups in total. The van der Waals surface area contributed by atoms with E-state index >= 15 is 0 Å². The van der Waals surface area contributed by atoms with Crippen LogP contribution in [0, 0.1) is 0 Å². The molecule has 0 saturated carbocycles. The van der Waals surface area contributed by atoms with Gasteiger partial charge in [-0.1, -0.05) is 11.6 Å². The average molecular weight is 386 g/mol. The monoisotopic (exact) mass is 385 g/mol. The minimum Gasteiger partial charge on any atom is -0.497 e. The molecule has 1 amide bonds. The number of nitrogens with zero attached hydrogens (tertiary/aromatic N) is 1. The number of hydrogen-bond donors (Lipinski definition) is 2. The molecule has 3 rings (SSSR count). The van der Waals surface area contributed by atoms with Crippen LogP contribution in [-0.2, 0) is 0 Å². The Kier molecular flexibility index (Phi) is 5.42. The molecule has 0 aliphatic heterocycles. The lowest BCUT2D eigenvalue weighted by Crippen LogP contribution is -2.24. The number of benzene rings is 2. The largest absolute Gasteiger partial charge is 0.497 e. The Bertz CT molecular complexity index is 1030. The molecule has 138 valence electrons. The molecular weight excluding hydrogens is 370 g/mol. The number of carbonyl (C=O) groups excluding carboxylic acids is 1. The summed E-state index contributed by atoms with van der Waals surface area (Å²) in [5.74, 6) is 0.728. The maximum absolute atomic E-state index is 12.5. The summed E-state index contributed by atoms with van der Waals surface area (Å²) in [6.45, 7) is 0. The highest BCUT2D eigenvalue weighted by Gasteiger charge is 2.15. The standard InChI is InChI=1S/C19H16ClN3O4/c1-26-13-7-8-15(16(9-13)27-2)22-18(24)14-10-21-17(23-19(14)25)11-3-5-12(20)6-4-11/h3-10H,1-2H3,(H,22,24)(H,21,23,25). The summed E-state index contributed by atoms with van der Waals surface area (Å²) >= 11 is 5.85. The van der Waals surface area contributed by atoms with Crippen LogP contribution in [0.15, 0.2) is 53.5 Å². The number of aromatic amines is 1. The summed E-state index contributed by atoms with van der Waals surface area (Å²) in [6, 6.07) is 11.7. The van der Waals surface area contributed by atoms with Crippen molar-refractivity contribution in [3.63, 3.8) is 0 Å². The molecule has 0 saturated heterocycles. The van der Waals surface area contributed by atoms with Crippen LogP contribution in [0.5, 0.6) is 11.5 Å². The zero-order valence-electron chi connectivity index (χ0n) is 14.6. The van der Waals surface area contributed by atoms with E-state index in [1.807, 2.05) is 0 Å². The molecule has 0 spiro atoms. The molecule has 1 aromatic heterocycles. The van der Waals surface area contributed by atoms with Gasteiger partial charge in [-0.15, -0.1) is 0 Å².